The van der Waals surface area contributed by atoms with Crippen molar-refractivity contribution in [2.45, 2.75) is 0 Å². The van der Waals surface area contributed by atoms with Crippen molar-refractivity contribution >= 4 is 37.4 Å². The van der Waals surface area contributed by atoms with Crippen LogP contribution in [0.25, 0.3) is 94.4 Å². The number of nitrogens with zero attached hydrogens (tertiary/aromatic N) is 8. The zero-order valence-corrected chi connectivity index (χ0v) is 29.2. The number of hydrogen-bond donors (Lipinski definition) is 0. The molecule has 4 aromatic heterocycles. The monoisotopic (exact) mass is 714 g/mol. The van der Waals surface area contributed by atoms with Crippen LogP contribution in [-0.4, -0.2) is 39.3 Å². The van der Waals surface area contributed by atoms with E-state index in [0.29, 0.717) is 56.4 Å². The molecule has 254 valence electrons. The van der Waals surface area contributed by atoms with Gasteiger partial charge < -0.3 is 0 Å². The van der Waals surface area contributed by atoms with E-state index in [9.17, 15) is 4.79 Å². The summed E-state index contributed by atoms with van der Waals surface area (Å²) in [6, 6.07) is 50.9. The fourth-order valence-corrected chi connectivity index (χ4v) is 7.54. The largest absolute Gasteiger partial charge is 0.268 e. The summed E-state index contributed by atoms with van der Waals surface area (Å²) in [5, 5.41) is 0.467. The Hall–Kier alpha value is -7.30. The predicted molar refractivity (Wildman–Crippen MR) is 214 cm³/mol. The molecular weight excluding hydrogens is 689 g/mol. The molecule has 10 heteroatoms. The summed E-state index contributed by atoms with van der Waals surface area (Å²) in [6.07, 6.45) is 0. The van der Waals surface area contributed by atoms with Gasteiger partial charge in [-0.1, -0.05) is 133 Å². The molecule has 0 N–H and O–H groups in total. The molecule has 6 aromatic carbocycles. The van der Waals surface area contributed by atoms with Crippen molar-refractivity contribution in [2.75, 3.05) is 0 Å². The lowest BCUT2D eigenvalue weighted by atomic mass is 10.1. The molecule has 54 heavy (non-hydrogen) atoms. The number of rotatable bonds is 6. The van der Waals surface area contributed by atoms with Gasteiger partial charge in [0.25, 0.3) is 5.56 Å². The van der Waals surface area contributed by atoms with Crippen molar-refractivity contribution in [1.82, 2.24) is 39.3 Å². The molecule has 0 aliphatic heterocycles. The average Bonchev–Trinajstić information content (AvgIpc) is 3.62. The highest BCUT2D eigenvalue weighted by atomic mass is 32.1. The van der Waals surface area contributed by atoms with Crippen LogP contribution in [0.1, 0.15) is 0 Å². The summed E-state index contributed by atoms with van der Waals surface area (Å²) in [7, 11) is 0. The van der Waals surface area contributed by atoms with E-state index in [-0.39, 0.29) is 5.56 Å². The minimum absolute atomic E-state index is 0.172. The molecule has 4 heterocycles. The summed E-state index contributed by atoms with van der Waals surface area (Å²) < 4.78 is 2.56. The summed E-state index contributed by atoms with van der Waals surface area (Å²) in [6.45, 7) is 0. The Morgan fingerprint density at radius 3 is 1.22 bits per heavy atom. The Kier molecular flexibility index (Phi) is 7.59. The van der Waals surface area contributed by atoms with Gasteiger partial charge in [-0.05, 0) is 36.4 Å². The van der Waals surface area contributed by atoms with Crippen LogP contribution in [0.5, 0.6) is 0 Å². The SMILES string of the molecule is O=c1c2cc(-c3nc(-c4ccccc4)nc(-c4ccccc4)n3)ccc2nc2sc3cc(-c4nc(-c5ccccc5)nc(-c5ccccc5)n4)ccc3n12. The lowest BCUT2D eigenvalue weighted by Crippen LogP contribution is -2.13. The molecule has 10 aromatic rings. The Bertz CT molecular complexity index is 2950. The van der Waals surface area contributed by atoms with Crippen LogP contribution in [0.4, 0.5) is 0 Å². The maximum Gasteiger partial charge on any atom is 0.266 e. The normalized spacial score (nSPS) is 11.4. The predicted octanol–water partition coefficient (Wildman–Crippen LogP) is 9.43. The van der Waals surface area contributed by atoms with Crippen LogP contribution in [0.15, 0.2) is 163 Å². The quantitative estimate of drug-likeness (QED) is 0.168. The number of fused-ring (bicyclic) bond motifs is 4. The van der Waals surface area contributed by atoms with Gasteiger partial charge in [0.2, 0.25) is 0 Å². The van der Waals surface area contributed by atoms with E-state index in [0.717, 1.165) is 38.0 Å². The van der Waals surface area contributed by atoms with E-state index in [1.54, 1.807) is 4.40 Å². The fourth-order valence-electron chi connectivity index (χ4n) is 6.48. The van der Waals surface area contributed by atoms with Crippen molar-refractivity contribution < 1.29 is 0 Å². The molecule has 0 radical (unpaired) electrons. The molecule has 0 aliphatic carbocycles. The minimum atomic E-state index is -0.172. The number of aromatic nitrogens is 8. The van der Waals surface area contributed by atoms with Crippen LogP contribution in [0.3, 0.4) is 0 Å². The minimum Gasteiger partial charge on any atom is -0.268 e. The van der Waals surface area contributed by atoms with Gasteiger partial charge in [0.1, 0.15) is 0 Å². The number of hydrogen-bond acceptors (Lipinski definition) is 9. The van der Waals surface area contributed by atoms with Gasteiger partial charge in [-0.2, -0.15) is 0 Å². The van der Waals surface area contributed by atoms with Gasteiger partial charge in [-0.3, -0.25) is 9.20 Å². The zero-order valence-electron chi connectivity index (χ0n) is 28.4. The summed E-state index contributed by atoms with van der Waals surface area (Å²) >= 11 is 1.45. The van der Waals surface area contributed by atoms with E-state index in [1.807, 2.05) is 158 Å². The first-order valence-corrected chi connectivity index (χ1v) is 18.1. The molecule has 10 rings (SSSR count). The van der Waals surface area contributed by atoms with Gasteiger partial charge in [0, 0.05) is 33.4 Å². The highest BCUT2D eigenvalue weighted by molar-refractivity contribution is 7.23. The molecule has 0 atom stereocenters. The van der Waals surface area contributed by atoms with Crippen LogP contribution < -0.4 is 5.56 Å². The second kappa shape index (κ2) is 13.0. The number of benzene rings is 6. The summed E-state index contributed by atoms with van der Waals surface area (Å²) in [5.41, 5.74) is 6.21. The molecule has 0 saturated heterocycles. The summed E-state index contributed by atoms with van der Waals surface area (Å²) in [4.78, 5) is 49.0. The number of thiazole rings is 1. The molecule has 0 aliphatic rings. The third kappa shape index (κ3) is 5.67. The molecule has 0 spiro atoms. The highest BCUT2D eigenvalue weighted by Gasteiger charge is 2.18. The first-order valence-electron chi connectivity index (χ1n) is 17.3. The Balaban J connectivity index is 1.10. The van der Waals surface area contributed by atoms with Crippen LogP contribution in [-0.2, 0) is 0 Å². The standard InChI is InChI=1S/C44H26N8OS/c53-43-33-25-31(41-48-37(27-13-5-1-6-14-27)46-38(49-41)28-15-7-2-8-16-28)21-23-34(33)45-44-52(43)35-24-22-32(26-36(35)54-44)42-50-39(29-17-9-3-10-18-29)47-40(51-42)30-19-11-4-12-20-30/h1-26H. The average molecular weight is 715 g/mol. The Morgan fingerprint density at radius 2 is 0.778 bits per heavy atom. The molecule has 0 fully saturated rings. The van der Waals surface area contributed by atoms with E-state index in [1.165, 1.54) is 11.3 Å². The van der Waals surface area contributed by atoms with Gasteiger partial charge in [-0.25, -0.2) is 34.9 Å². The van der Waals surface area contributed by atoms with Gasteiger partial charge in [0.05, 0.1) is 21.1 Å². The molecule has 0 bridgehead atoms. The molecule has 9 nitrogen and oxygen atoms in total. The third-order valence-electron chi connectivity index (χ3n) is 9.15. The van der Waals surface area contributed by atoms with Crippen molar-refractivity contribution in [1.29, 1.82) is 0 Å². The zero-order chi connectivity index (χ0) is 36.0. The van der Waals surface area contributed by atoms with Gasteiger partial charge >= 0.3 is 0 Å². The maximum absolute atomic E-state index is 14.3. The second-order valence-corrected chi connectivity index (χ2v) is 13.6. The summed E-state index contributed by atoms with van der Waals surface area (Å²) in [5.74, 6) is 3.28. The maximum atomic E-state index is 14.3. The van der Waals surface area contributed by atoms with Gasteiger partial charge in [0.15, 0.2) is 39.9 Å². The van der Waals surface area contributed by atoms with E-state index in [2.05, 4.69) is 0 Å². The van der Waals surface area contributed by atoms with Crippen LogP contribution in [0, 0.1) is 0 Å². The second-order valence-electron chi connectivity index (χ2n) is 12.6. The van der Waals surface area contributed by atoms with Crippen molar-refractivity contribution in [3.05, 3.63) is 168 Å². The molecule has 0 amide bonds. The van der Waals surface area contributed by atoms with Crippen molar-refractivity contribution in [3.63, 3.8) is 0 Å². The Morgan fingerprint density at radius 1 is 0.389 bits per heavy atom. The van der Waals surface area contributed by atoms with Crippen LogP contribution >= 0.6 is 11.3 Å². The fraction of sp³-hybridized carbons (Fsp3) is 0. The smallest absolute Gasteiger partial charge is 0.266 e. The van der Waals surface area contributed by atoms with E-state index < -0.39 is 0 Å². The Labute approximate surface area is 312 Å². The topological polar surface area (TPSA) is 112 Å². The molecule has 0 unspecified atom stereocenters. The highest BCUT2D eigenvalue weighted by Crippen LogP contribution is 2.32. The third-order valence-corrected chi connectivity index (χ3v) is 10.2. The van der Waals surface area contributed by atoms with E-state index >= 15 is 0 Å². The lowest BCUT2D eigenvalue weighted by molar-refractivity contribution is 1.07. The van der Waals surface area contributed by atoms with Crippen molar-refractivity contribution in [2.24, 2.45) is 0 Å². The molecule has 0 saturated carbocycles. The van der Waals surface area contributed by atoms with Crippen molar-refractivity contribution in [3.8, 4) is 68.3 Å². The van der Waals surface area contributed by atoms with E-state index in [4.69, 9.17) is 34.9 Å². The lowest BCUT2D eigenvalue weighted by Gasteiger charge is -2.09. The van der Waals surface area contributed by atoms with Crippen LogP contribution in [0.2, 0.25) is 0 Å². The first-order chi connectivity index (χ1) is 26.6. The molecular formula is C44H26N8OS. The van der Waals surface area contributed by atoms with Gasteiger partial charge in [-0.15, -0.1) is 0 Å². The first kappa shape index (κ1) is 31.4.